The van der Waals surface area contributed by atoms with Gasteiger partial charge < -0.3 is 14.0 Å². The first kappa shape index (κ1) is 17.8. The summed E-state index contributed by atoms with van der Waals surface area (Å²) in [4.78, 5) is 4.79. The molecule has 1 aromatic heterocycles. The molecular weight excluding hydrogens is 312 g/mol. The second-order valence-electron chi connectivity index (χ2n) is 5.49. The molecule has 0 saturated heterocycles. The van der Waals surface area contributed by atoms with E-state index >= 15 is 0 Å². The monoisotopic (exact) mass is 336 g/mol. The van der Waals surface area contributed by atoms with E-state index in [0.29, 0.717) is 11.1 Å². The Morgan fingerprint density at radius 1 is 1.26 bits per heavy atom. The Morgan fingerprint density at radius 2 is 2.04 bits per heavy atom. The van der Waals surface area contributed by atoms with Crippen LogP contribution in [0.2, 0.25) is 5.02 Å². The van der Waals surface area contributed by atoms with Gasteiger partial charge in [-0.3, -0.25) is 0 Å². The van der Waals surface area contributed by atoms with Crippen LogP contribution in [0.25, 0.3) is 11.3 Å². The molecule has 126 valence electrons. The second-order valence-corrected chi connectivity index (χ2v) is 5.90. The number of aromatic nitrogens is 2. The number of rotatable bonds is 8. The molecule has 0 bridgehead atoms. The molecule has 0 aliphatic rings. The molecule has 23 heavy (non-hydrogen) atoms. The van der Waals surface area contributed by atoms with Gasteiger partial charge in [-0.15, -0.1) is 0 Å². The van der Waals surface area contributed by atoms with Crippen molar-refractivity contribution in [2.75, 3.05) is 20.8 Å². The molecular formula is C18H25ClN2O2. The highest BCUT2D eigenvalue weighted by Gasteiger charge is 2.17. The molecule has 1 aromatic carbocycles. The van der Waals surface area contributed by atoms with Crippen LogP contribution in [0.1, 0.15) is 38.6 Å². The summed E-state index contributed by atoms with van der Waals surface area (Å²) in [6.45, 7) is 5.07. The predicted molar refractivity (Wildman–Crippen MR) is 94.4 cm³/mol. The lowest BCUT2D eigenvalue weighted by molar-refractivity contribution is 0.176. The number of halogens is 1. The normalized spacial score (nSPS) is 12.4. The van der Waals surface area contributed by atoms with Gasteiger partial charge in [0.1, 0.15) is 11.6 Å². The maximum Gasteiger partial charge on any atom is 0.120 e. The average Bonchev–Trinajstić information content (AvgIpc) is 2.99. The number of ether oxygens (including phenoxy) is 2. The maximum absolute atomic E-state index is 6.40. The highest BCUT2D eigenvalue weighted by Crippen LogP contribution is 2.32. The van der Waals surface area contributed by atoms with Crippen molar-refractivity contribution in [3.63, 3.8) is 0 Å². The lowest BCUT2D eigenvalue weighted by atomic mass is 10.1. The van der Waals surface area contributed by atoms with Crippen molar-refractivity contribution in [1.29, 1.82) is 0 Å². The Balaban J connectivity index is 2.38. The molecule has 0 fully saturated rings. The molecule has 0 radical (unpaired) electrons. The number of hydrogen-bond donors (Lipinski definition) is 0. The van der Waals surface area contributed by atoms with E-state index in [-0.39, 0.29) is 0 Å². The summed E-state index contributed by atoms with van der Waals surface area (Å²) in [5, 5.41) is 0.654. The summed E-state index contributed by atoms with van der Waals surface area (Å²) < 4.78 is 12.7. The van der Waals surface area contributed by atoms with Crippen LogP contribution in [0, 0.1) is 0 Å². The van der Waals surface area contributed by atoms with Crippen LogP contribution >= 0.6 is 11.6 Å². The van der Waals surface area contributed by atoms with Gasteiger partial charge in [-0.05, 0) is 31.0 Å². The topological polar surface area (TPSA) is 36.3 Å². The smallest absolute Gasteiger partial charge is 0.120 e. The molecule has 0 spiro atoms. The minimum atomic E-state index is 0.392. The fourth-order valence-corrected chi connectivity index (χ4v) is 3.03. The Morgan fingerprint density at radius 3 is 2.61 bits per heavy atom. The van der Waals surface area contributed by atoms with E-state index in [1.807, 2.05) is 18.2 Å². The minimum Gasteiger partial charge on any atom is -0.497 e. The quantitative estimate of drug-likeness (QED) is 0.697. The van der Waals surface area contributed by atoms with Crippen molar-refractivity contribution >= 4 is 11.6 Å². The number of nitrogens with zero attached hydrogens (tertiary/aromatic N) is 2. The van der Waals surface area contributed by atoms with Crippen LogP contribution in [0.15, 0.2) is 24.4 Å². The minimum absolute atomic E-state index is 0.392. The van der Waals surface area contributed by atoms with Crippen molar-refractivity contribution in [3.8, 4) is 17.0 Å². The van der Waals surface area contributed by atoms with E-state index in [9.17, 15) is 0 Å². The van der Waals surface area contributed by atoms with E-state index in [2.05, 4.69) is 24.6 Å². The molecule has 2 aromatic rings. The number of imidazole rings is 1. The standard InChI is InChI=1S/C18H25ClN2O2/c1-5-13(9-10-22-3)21-12-17(20-18(21)6-2)15-8-7-14(23-4)11-16(15)19/h7-8,11-13H,5-6,9-10H2,1-4H3. The molecule has 0 aliphatic heterocycles. The average molecular weight is 337 g/mol. The third kappa shape index (κ3) is 4.06. The van der Waals surface area contributed by atoms with Crippen LogP contribution in [-0.4, -0.2) is 30.4 Å². The van der Waals surface area contributed by atoms with Gasteiger partial charge in [-0.2, -0.15) is 0 Å². The lowest BCUT2D eigenvalue weighted by Gasteiger charge is -2.18. The molecule has 0 N–H and O–H groups in total. The van der Waals surface area contributed by atoms with Gasteiger partial charge in [-0.25, -0.2) is 4.98 Å². The first-order valence-corrected chi connectivity index (χ1v) is 8.42. The highest BCUT2D eigenvalue weighted by atomic mass is 35.5. The van der Waals surface area contributed by atoms with Gasteiger partial charge in [0.2, 0.25) is 0 Å². The summed E-state index contributed by atoms with van der Waals surface area (Å²) in [5.74, 6) is 1.83. The predicted octanol–water partition coefficient (Wildman–Crippen LogP) is 4.76. The summed E-state index contributed by atoms with van der Waals surface area (Å²) in [6.07, 6.45) is 5.02. The molecule has 1 atom stereocenters. The SMILES string of the molecule is CCc1nc(-c2ccc(OC)cc2Cl)cn1C(CC)CCOC. The highest BCUT2D eigenvalue weighted by molar-refractivity contribution is 6.33. The molecule has 4 nitrogen and oxygen atoms in total. The molecule has 5 heteroatoms. The molecule has 0 aliphatic carbocycles. The van der Waals surface area contributed by atoms with Gasteiger partial charge in [0.05, 0.1) is 17.8 Å². The lowest BCUT2D eigenvalue weighted by Crippen LogP contribution is -2.12. The Kier molecular flexibility index (Phi) is 6.48. The number of aryl methyl sites for hydroxylation is 1. The molecule has 2 rings (SSSR count). The van der Waals surface area contributed by atoms with Gasteiger partial charge in [-0.1, -0.05) is 25.4 Å². The van der Waals surface area contributed by atoms with E-state index < -0.39 is 0 Å². The van der Waals surface area contributed by atoms with E-state index in [1.165, 1.54) is 0 Å². The van der Waals surface area contributed by atoms with E-state index in [1.54, 1.807) is 14.2 Å². The second kappa shape index (κ2) is 8.37. The molecule has 1 unspecified atom stereocenters. The van der Waals surface area contributed by atoms with Gasteiger partial charge >= 0.3 is 0 Å². The summed E-state index contributed by atoms with van der Waals surface area (Å²) in [6, 6.07) is 6.09. The van der Waals surface area contributed by atoms with Crippen LogP contribution in [-0.2, 0) is 11.2 Å². The zero-order valence-electron chi connectivity index (χ0n) is 14.3. The largest absolute Gasteiger partial charge is 0.497 e. The van der Waals surface area contributed by atoms with Crippen LogP contribution in [0.4, 0.5) is 0 Å². The van der Waals surface area contributed by atoms with Crippen LogP contribution in [0.5, 0.6) is 5.75 Å². The summed E-state index contributed by atoms with van der Waals surface area (Å²) in [7, 11) is 3.38. The van der Waals surface area contributed by atoms with Crippen molar-refractivity contribution in [2.45, 2.75) is 39.2 Å². The Labute approximate surface area is 143 Å². The summed E-state index contributed by atoms with van der Waals surface area (Å²) >= 11 is 6.40. The fraction of sp³-hybridized carbons (Fsp3) is 0.500. The number of hydrogen-bond acceptors (Lipinski definition) is 3. The van der Waals surface area contributed by atoms with Crippen molar-refractivity contribution in [2.24, 2.45) is 0 Å². The third-order valence-corrected chi connectivity index (χ3v) is 4.41. The Hall–Kier alpha value is -1.52. The van der Waals surface area contributed by atoms with Crippen LogP contribution in [0.3, 0.4) is 0 Å². The first-order chi connectivity index (χ1) is 11.1. The van der Waals surface area contributed by atoms with Crippen molar-refractivity contribution < 1.29 is 9.47 Å². The maximum atomic E-state index is 6.40. The fourth-order valence-electron chi connectivity index (χ4n) is 2.76. The Bertz CT molecular complexity index is 640. The summed E-state index contributed by atoms with van der Waals surface area (Å²) in [5.41, 5.74) is 1.84. The van der Waals surface area contributed by atoms with E-state index in [4.69, 9.17) is 26.1 Å². The zero-order chi connectivity index (χ0) is 16.8. The zero-order valence-corrected chi connectivity index (χ0v) is 15.1. The molecule has 0 amide bonds. The third-order valence-electron chi connectivity index (χ3n) is 4.10. The number of benzene rings is 1. The van der Waals surface area contributed by atoms with Gasteiger partial charge in [0.15, 0.2) is 0 Å². The molecule has 0 saturated carbocycles. The van der Waals surface area contributed by atoms with Gasteiger partial charge in [0.25, 0.3) is 0 Å². The van der Waals surface area contributed by atoms with E-state index in [0.717, 1.165) is 48.7 Å². The van der Waals surface area contributed by atoms with Crippen molar-refractivity contribution in [1.82, 2.24) is 9.55 Å². The molecule has 1 heterocycles. The van der Waals surface area contributed by atoms with Crippen LogP contribution < -0.4 is 4.74 Å². The van der Waals surface area contributed by atoms with Crippen molar-refractivity contribution in [3.05, 3.63) is 35.2 Å². The first-order valence-electron chi connectivity index (χ1n) is 8.05. The van der Waals surface area contributed by atoms with Gasteiger partial charge in [0, 0.05) is 37.9 Å². The number of methoxy groups -OCH3 is 2.